The quantitative estimate of drug-likeness (QED) is 0.767. The molecule has 86 valence electrons. The van der Waals surface area contributed by atoms with E-state index in [-0.39, 0.29) is 17.8 Å². The zero-order valence-corrected chi connectivity index (χ0v) is 9.57. The molecule has 0 unspecified atom stereocenters. The zero-order valence-electron chi connectivity index (χ0n) is 8.82. The van der Waals surface area contributed by atoms with Crippen molar-refractivity contribution >= 4 is 17.5 Å². The Hall–Kier alpha value is -1.06. The molecule has 1 aliphatic carbocycles. The molecule has 2 rings (SSSR count). The Morgan fingerprint density at radius 1 is 1.50 bits per heavy atom. The second-order valence-electron chi connectivity index (χ2n) is 3.99. The van der Waals surface area contributed by atoms with Gasteiger partial charge in [0.25, 0.3) is 0 Å². The van der Waals surface area contributed by atoms with E-state index in [4.69, 9.17) is 11.6 Å². The van der Waals surface area contributed by atoms with Crippen LogP contribution in [0.15, 0.2) is 24.3 Å². The topological polar surface area (TPSA) is 49.3 Å². The van der Waals surface area contributed by atoms with E-state index in [0.29, 0.717) is 0 Å². The largest absolute Gasteiger partial charge is 0.386 e. The Balaban J connectivity index is 2.15. The molecule has 0 aliphatic heterocycles. The molecule has 16 heavy (non-hydrogen) atoms. The van der Waals surface area contributed by atoms with Gasteiger partial charge >= 0.3 is 0 Å². The summed E-state index contributed by atoms with van der Waals surface area (Å²) in [6, 6.07) is 7.55. The molecule has 1 aromatic rings. The summed E-state index contributed by atoms with van der Waals surface area (Å²) >= 11 is 5.43. The standard InChI is InChI=1S/C12H14ClNO2/c13-7-11(15)14-10-6-5-8-3-1-2-4-9(8)12(10)16/h1-4,10,12,16H,5-7H2,(H,14,15)/t10-,12+/m1/s1. The lowest BCUT2D eigenvalue weighted by Crippen LogP contribution is -2.42. The normalized spacial score (nSPS) is 23.6. The second-order valence-corrected chi connectivity index (χ2v) is 4.26. The van der Waals surface area contributed by atoms with Crippen LogP contribution in [-0.4, -0.2) is 22.9 Å². The van der Waals surface area contributed by atoms with E-state index in [2.05, 4.69) is 5.32 Å². The van der Waals surface area contributed by atoms with Gasteiger partial charge in [0.2, 0.25) is 5.91 Å². The van der Waals surface area contributed by atoms with Gasteiger partial charge < -0.3 is 10.4 Å². The lowest BCUT2D eigenvalue weighted by atomic mass is 9.86. The highest BCUT2D eigenvalue weighted by Gasteiger charge is 2.28. The predicted octanol–water partition coefficient (Wildman–Crippen LogP) is 1.39. The molecular weight excluding hydrogens is 226 g/mol. The maximum absolute atomic E-state index is 11.2. The number of hydrogen-bond acceptors (Lipinski definition) is 2. The van der Waals surface area contributed by atoms with E-state index in [0.717, 1.165) is 24.0 Å². The molecule has 0 fully saturated rings. The molecule has 0 aromatic heterocycles. The number of benzene rings is 1. The second kappa shape index (κ2) is 4.85. The van der Waals surface area contributed by atoms with Crippen LogP contribution in [0.3, 0.4) is 0 Å². The molecule has 0 heterocycles. The van der Waals surface area contributed by atoms with Gasteiger partial charge in [-0.25, -0.2) is 0 Å². The van der Waals surface area contributed by atoms with Crippen LogP contribution < -0.4 is 5.32 Å². The number of aliphatic hydroxyl groups excluding tert-OH is 1. The highest BCUT2D eigenvalue weighted by atomic mass is 35.5. The molecular formula is C12H14ClNO2. The van der Waals surface area contributed by atoms with Crippen molar-refractivity contribution < 1.29 is 9.90 Å². The Morgan fingerprint density at radius 2 is 2.25 bits per heavy atom. The Bertz CT molecular complexity index is 394. The summed E-state index contributed by atoms with van der Waals surface area (Å²) < 4.78 is 0. The summed E-state index contributed by atoms with van der Waals surface area (Å²) in [6.07, 6.45) is 0.999. The highest BCUT2D eigenvalue weighted by Crippen LogP contribution is 2.29. The van der Waals surface area contributed by atoms with Gasteiger partial charge in [0.15, 0.2) is 0 Å². The predicted molar refractivity (Wildman–Crippen MR) is 62.4 cm³/mol. The van der Waals surface area contributed by atoms with Crippen molar-refractivity contribution in [3.05, 3.63) is 35.4 Å². The number of carbonyl (C=O) groups excluding carboxylic acids is 1. The van der Waals surface area contributed by atoms with Crippen molar-refractivity contribution in [2.24, 2.45) is 0 Å². The molecule has 2 N–H and O–H groups in total. The summed E-state index contributed by atoms with van der Waals surface area (Å²) in [7, 11) is 0. The van der Waals surface area contributed by atoms with Crippen LogP contribution >= 0.6 is 11.6 Å². The Morgan fingerprint density at radius 3 is 3.00 bits per heavy atom. The number of carbonyl (C=O) groups is 1. The van der Waals surface area contributed by atoms with E-state index >= 15 is 0 Å². The van der Waals surface area contributed by atoms with Crippen molar-refractivity contribution in [3.8, 4) is 0 Å². The fraction of sp³-hybridized carbons (Fsp3) is 0.417. The van der Waals surface area contributed by atoms with E-state index < -0.39 is 6.10 Å². The molecule has 0 spiro atoms. The number of aryl methyl sites for hydroxylation is 1. The fourth-order valence-corrected chi connectivity index (χ4v) is 2.21. The number of halogens is 1. The molecule has 1 aromatic carbocycles. The average Bonchev–Trinajstić information content (AvgIpc) is 2.33. The third-order valence-electron chi connectivity index (χ3n) is 2.95. The van der Waals surface area contributed by atoms with E-state index in [9.17, 15) is 9.90 Å². The van der Waals surface area contributed by atoms with Gasteiger partial charge in [-0.3, -0.25) is 4.79 Å². The third-order valence-corrected chi connectivity index (χ3v) is 3.19. The van der Waals surface area contributed by atoms with Gasteiger partial charge in [-0.1, -0.05) is 24.3 Å². The first-order chi connectivity index (χ1) is 7.72. The number of nitrogens with one attached hydrogen (secondary N) is 1. The Kier molecular flexibility index (Phi) is 3.46. The maximum Gasteiger partial charge on any atom is 0.235 e. The van der Waals surface area contributed by atoms with E-state index in [1.54, 1.807) is 0 Å². The van der Waals surface area contributed by atoms with Crippen molar-refractivity contribution in [1.29, 1.82) is 0 Å². The van der Waals surface area contributed by atoms with E-state index in [1.165, 1.54) is 0 Å². The van der Waals surface area contributed by atoms with Crippen LogP contribution in [0.25, 0.3) is 0 Å². The van der Waals surface area contributed by atoms with Gasteiger partial charge in [-0.2, -0.15) is 0 Å². The van der Waals surface area contributed by atoms with Crippen molar-refractivity contribution in [2.75, 3.05) is 5.88 Å². The van der Waals surface area contributed by atoms with Crippen LogP contribution in [0.1, 0.15) is 23.7 Å². The summed E-state index contributed by atoms with van der Waals surface area (Å²) in [4.78, 5) is 11.2. The molecule has 2 atom stereocenters. The minimum absolute atomic E-state index is 0.0646. The lowest BCUT2D eigenvalue weighted by molar-refractivity contribution is -0.120. The number of hydrogen-bond donors (Lipinski definition) is 2. The third kappa shape index (κ3) is 2.20. The van der Waals surface area contributed by atoms with Crippen LogP contribution in [0, 0.1) is 0 Å². The highest BCUT2D eigenvalue weighted by molar-refractivity contribution is 6.27. The number of aliphatic hydroxyl groups is 1. The molecule has 0 radical (unpaired) electrons. The molecule has 0 bridgehead atoms. The van der Waals surface area contributed by atoms with Crippen molar-refractivity contribution in [2.45, 2.75) is 25.0 Å². The van der Waals surface area contributed by atoms with Crippen LogP contribution in [0.4, 0.5) is 0 Å². The summed E-state index contributed by atoms with van der Waals surface area (Å²) in [6.45, 7) is 0. The molecule has 4 heteroatoms. The number of alkyl halides is 1. The smallest absolute Gasteiger partial charge is 0.235 e. The first kappa shape index (κ1) is 11.4. The van der Waals surface area contributed by atoms with E-state index in [1.807, 2.05) is 24.3 Å². The van der Waals surface area contributed by atoms with Gasteiger partial charge in [0, 0.05) is 0 Å². The van der Waals surface area contributed by atoms with Gasteiger partial charge in [-0.15, -0.1) is 11.6 Å². The molecule has 0 saturated carbocycles. The van der Waals surface area contributed by atoms with Crippen molar-refractivity contribution in [1.82, 2.24) is 5.32 Å². The summed E-state index contributed by atoms with van der Waals surface area (Å²) in [5, 5.41) is 12.8. The van der Waals surface area contributed by atoms with Crippen molar-refractivity contribution in [3.63, 3.8) is 0 Å². The minimum Gasteiger partial charge on any atom is -0.386 e. The maximum atomic E-state index is 11.2. The van der Waals surface area contributed by atoms with Gasteiger partial charge in [-0.05, 0) is 24.0 Å². The number of rotatable bonds is 2. The fourth-order valence-electron chi connectivity index (χ4n) is 2.13. The van der Waals surface area contributed by atoms with Gasteiger partial charge in [0.05, 0.1) is 12.1 Å². The first-order valence-corrected chi connectivity index (χ1v) is 5.87. The zero-order chi connectivity index (χ0) is 11.5. The average molecular weight is 240 g/mol. The summed E-state index contributed by atoms with van der Waals surface area (Å²) in [5.41, 5.74) is 2.07. The number of fused-ring (bicyclic) bond motifs is 1. The van der Waals surface area contributed by atoms with Crippen LogP contribution in [0.2, 0.25) is 0 Å². The van der Waals surface area contributed by atoms with Gasteiger partial charge in [0.1, 0.15) is 5.88 Å². The molecule has 0 saturated heterocycles. The lowest BCUT2D eigenvalue weighted by Gasteiger charge is -2.30. The van der Waals surface area contributed by atoms with Crippen LogP contribution in [-0.2, 0) is 11.2 Å². The molecule has 1 aliphatic rings. The Labute approximate surface area is 99.4 Å². The molecule has 3 nitrogen and oxygen atoms in total. The molecule has 1 amide bonds. The number of amides is 1. The van der Waals surface area contributed by atoms with Crippen LogP contribution in [0.5, 0.6) is 0 Å². The monoisotopic (exact) mass is 239 g/mol. The minimum atomic E-state index is -0.628. The first-order valence-electron chi connectivity index (χ1n) is 5.33. The SMILES string of the molecule is O=C(CCl)N[C@@H]1CCc2ccccc2[C@@H]1O. The summed E-state index contributed by atoms with van der Waals surface area (Å²) in [5.74, 6) is -0.296.